The average Bonchev–Trinajstić information content (AvgIpc) is 3.22. The van der Waals surface area contributed by atoms with Crippen molar-refractivity contribution in [2.45, 2.75) is 258 Å². The molecule has 0 bridgehead atoms. The van der Waals surface area contributed by atoms with Gasteiger partial charge in [0.2, 0.25) is 0 Å². The van der Waals surface area contributed by atoms with Crippen LogP contribution in [0.15, 0.2) is 48.6 Å². The second kappa shape index (κ2) is 49.2. The second-order valence-electron chi connectivity index (χ2n) is 16.7. The van der Waals surface area contributed by atoms with Gasteiger partial charge in [-0.15, -0.1) is 0 Å². The fourth-order valence-electron chi connectivity index (χ4n) is 7.11. The maximum Gasteiger partial charge on any atom is 0.306 e. The molecule has 0 aromatic carbocycles. The van der Waals surface area contributed by atoms with Gasteiger partial charge in [-0.1, -0.05) is 211 Å². The Bertz CT molecular complexity index is 966. The summed E-state index contributed by atoms with van der Waals surface area (Å²) in [5, 5.41) is 0. The molecule has 0 N–H and O–H groups in total. The lowest BCUT2D eigenvalue weighted by atomic mass is 10.1. The van der Waals surface area contributed by atoms with Gasteiger partial charge in [0.05, 0.1) is 6.61 Å². The van der Waals surface area contributed by atoms with Gasteiger partial charge in [0, 0.05) is 19.4 Å². The van der Waals surface area contributed by atoms with E-state index in [9.17, 15) is 9.59 Å². The van der Waals surface area contributed by atoms with E-state index in [-0.39, 0.29) is 25.2 Å². The maximum absolute atomic E-state index is 12.7. The highest BCUT2D eigenvalue weighted by Crippen LogP contribution is 2.15. The van der Waals surface area contributed by atoms with Gasteiger partial charge in [-0.3, -0.25) is 9.59 Å². The van der Waals surface area contributed by atoms with E-state index in [0.29, 0.717) is 19.4 Å². The number of allylic oxidation sites excluding steroid dienone is 8. The van der Waals surface area contributed by atoms with Crippen LogP contribution in [0.2, 0.25) is 0 Å². The van der Waals surface area contributed by atoms with Crippen LogP contribution in [0.3, 0.4) is 0 Å². The van der Waals surface area contributed by atoms with E-state index in [2.05, 4.69) is 69.4 Å². The van der Waals surface area contributed by atoms with Crippen molar-refractivity contribution in [1.29, 1.82) is 0 Å². The minimum atomic E-state index is -0.544. The maximum atomic E-state index is 12.7. The molecule has 5 heteroatoms. The van der Waals surface area contributed by atoms with Crippen LogP contribution in [-0.4, -0.2) is 37.9 Å². The molecule has 1 unspecified atom stereocenters. The summed E-state index contributed by atoms with van der Waals surface area (Å²) in [7, 11) is 0. The molecule has 0 spiro atoms. The first-order chi connectivity index (χ1) is 28.6. The first-order valence-electron chi connectivity index (χ1n) is 25.2. The van der Waals surface area contributed by atoms with E-state index in [1.54, 1.807) is 0 Å². The van der Waals surface area contributed by atoms with Gasteiger partial charge in [0.25, 0.3) is 0 Å². The highest BCUT2D eigenvalue weighted by Gasteiger charge is 2.17. The highest BCUT2D eigenvalue weighted by molar-refractivity contribution is 5.70. The summed E-state index contributed by atoms with van der Waals surface area (Å²) >= 11 is 0. The van der Waals surface area contributed by atoms with Crippen LogP contribution in [0.1, 0.15) is 252 Å². The molecule has 0 fully saturated rings. The summed E-state index contributed by atoms with van der Waals surface area (Å²) in [6, 6.07) is 0. The molecule has 0 aliphatic heterocycles. The van der Waals surface area contributed by atoms with Gasteiger partial charge in [0.15, 0.2) is 6.10 Å². The summed E-state index contributed by atoms with van der Waals surface area (Å²) in [6.45, 7) is 7.67. The third-order valence-electron chi connectivity index (χ3n) is 10.8. The number of carbonyl (C=O) groups excluding carboxylic acids is 2. The molecule has 0 aromatic heterocycles. The number of rotatable bonds is 46. The molecule has 0 aromatic rings. The highest BCUT2D eigenvalue weighted by atomic mass is 16.6. The van der Waals surface area contributed by atoms with Gasteiger partial charge in [0.1, 0.15) is 6.61 Å². The Kier molecular flexibility index (Phi) is 47.4. The third-order valence-corrected chi connectivity index (χ3v) is 10.8. The van der Waals surface area contributed by atoms with Gasteiger partial charge < -0.3 is 14.2 Å². The molecular weight excluding hydrogens is 717 g/mol. The molecule has 0 saturated carbocycles. The van der Waals surface area contributed by atoms with Crippen molar-refractivity contribution in [1.82, 2.24) is 0 Å². The second-order valence-corrected chi connectivity index (χ2v) is 16.7. The van der Waals surface area contributed by atoms with Crippen molar-refractivity contribution in [3.8, 4) is 0 Å². The molecule has 0 radical (unpaired) electrons. The number of hydrogen-bond acceptors (Lipinski definition) is 5. The lowest BCUT2D eigenvalue weighted by Gasteiger charge is -2.18. The van der Waals surface area contributed by atoms with Gasteiger partial charge >= 0.3 is 11.9 Å². The minimum absolute atomic E-state index is 0.0776. The monoisotopic (exact) mass is 813 g/mol. The molecule has 0 saturated heterocycles. The Labute approximate surface area is 361 Å². The van der Waals surface area contributed by atoms with Crippen molar-refractivity contribution < 1.29 is 23.8 Å². The summed E-state index contributed by atoms with van der Waals surface area (Å²) in [5.74, 6) is -0.407. The van der Waals surface area contributed by atoms with E-state index < -0.39 is 6.10 Å². The molecule has 5 nitrogen and oxygen atoms in total. The lowest BCUT2D eigenvalue weighted by Crippen LogP contribution is -2.30. The quantitative estimate of drug-likeness (QED) is 0.0348. The Morgan fingerprint density at radius 2 is 0.776 bits per heavy atom. The molecule has 0 rings (SSSR count). The molecular formula is C53H96O5. The van der Waals surface area contributed by atoms with Crippen molar-refractivity contribution in [3.05, 3.63) is 48.6 Å². The van der Waals surface area contributed by atoms with Crippen LogP contribution in [0.4, 0.5) is 0 Å². The number of carbonyl (C=O) groups is 2. The molecule has 0 aliphatic carbocycles. The van der Waals surface area contributed by atoms with Crippen LogP contribution in [-0.2, 0) is 23.8 Å². The number of unbranched alkanes of at least 4 members (excludes halogenated alkanes) is 27. The van der Waals surface area contributed by atoms with Gasteiger partial charge in [-0.2, -0.15) is 0 Å². The zero-order valence-corrected chi connectivity index (χ0v) is 38.8. The number of hydrogen-bond donors (Lipinski definition) is 0. The lowest BCUT2D eigenvalue weighted by molar-refractivity contribution is -0.163. The first kappa shape index (κ1) is 55.9. The normalized spacial score (nSPS) is 12.5. The SMILES string of the molecule is CC/C=C\C/C=C\C/C=C\CCCCCCOCC(COC(=O)CCCCCCCCCCC/C=C\CCCCCCCC)OC(=O)CCCCCCCCCCC. The van der Waals surface area contributed by atoms with Crippen molar-refractivity contribution in [3.63, 3.8) is 0 Å². The van der Waals surface area contributed by atoms with Gasteiger partial charge in [-0.05, 0) is 77.0 Å². The summed E-state index contributed by atoms with van der Waals surface area (Å²) in [4.78, 5) is 25.3. The van der Waals surface area contributed by atoms with Crippen molar-refractivity contribution >= 4 is 11.9 Å². The number of esters is 2. The molecule has 0 heterocycles. The average molecular weight is 813 g/mol. The molecule has 338 valence electrons. The Hall–Kier alpha value is -2.14. The summed E-state index contributed by atoms with van der Waals surface area (Å²) < 4.78 is 17.3. The zero-order valence-electron chi connectivity index (χ0n) is 38.8. The topological polar surface area (TPSA) is 61.8 Å². The third kappa shape index (κ3) is 46.5. The van der Waals surface area contributed by atoms with Crippen LogP contribution >= 0.6 is 0 Å². The van der Waals surface area contributed by atoms with Crippen LogP contribution < -0.4 is 0 Å². The Balaban J connectivity index is 4.18. The van der Waals surface area contributed by atoms with Crippen LogP contribution in [0.25, 0.3) is 0 Å². The predicted molar refractivity (Wildman–Crippen MR) is 251 cm³/mol. The minimum Gasteiger partial charge on any atom is -0.462 e. The van der Waals surface area contributed by atoms with Crippen molar-refractivity contribution in [2.75, 3.05) is 19.8 Å². The van der Waals surface area contributed by atoms with Crippen LogP contribution in [0, 0.1) is 0 Å². The van der Waals surface area contributed by atoms with Crippen LogP contribution in [0.5, 0.6) is 0 Å². The van der Waals surface area contributed by atoms with E-state index >= 15 is 0 Å². The smallest absolute Gasteiger partial charge is 0.306 e. The number of ether oxygens (including phenoxy) is 3. The molecule has 58 heavy (non-hydrogen) atoms. The van der Waals surface area contributed by atoms with Crippen molar-refractivity contribution in [2.24, 2.45) is 0 Å². The Morgan fingerprint density at radius 3 is 1.26 bits per heavy atom. The summed E-state index contributed by atoms with van der Waals surface area (Å²) in [5.41, 5.74) is 0. The molecule has 0 amide bonds. The fraction of sp³-hybridized carbons (Fsp3) is 0.811. The largest absolute Gasteiger partial charge is 0.462 e. The summed E-state index contributed by atoms with van der Waals surface area (Å²) in [6.07, 6.45) is 59.8. The van der Waals surface area contributed by atoms with E-state index in [4.69, 9.17) is 14.2 Å². The van der Waals surface area contributed by atoms with Gasteiger partial charge in [-0.25, -0.2) is 0 Å². The molecule has 1 atom stereocenters. The fourth-order valence-corrected chi connectivity index (χ4v) is 7.11. The molecule has 0 aliphatic rings. The Morgan fingerprint density at radius 1 is 0.397 bits per heavy atom. The zero-order chi connectivity index (χ0) is 42.1. The van der Waals surface area contributed by atoms with E-state index in [1.165, 1.54) is 154 Å². The predicted octanol–water partition coefficient (Wildman–Crippen LogP) is 16.8. The standard InChI is InChI=1S/C53H96O5/c1-4-7-10-13-16-19-21-23-25-26-27-28-29-30-32-35-37-40-43-46-52(54)57-50-51(58-53(55)47-44-41-38-34-18-15-12-9-6-3)49-56-48-45-42-39-36-33-31-24-22-20-17-14-11-8-5-2/h8,11,17,20,23-25,31,51H,4-7,9-10,12-16,18-19,21-22,26-30,32-50H2,1-3H3/b11-8-,20-17-,25-23-,31-24-. The van der Waals surface area contributed by atoms with E-state index in [0.717, 1.165) is 64.2 Å². The van der Waals surface area contributed by atoms with E-state index in [1.807, 2.05) is 0 Å². The first-order valence-corrected chi connectivity index (χ1v) is 25.2.